The summed E-state index contributed by atoms with van der Waals surface area (Å²) in [7, 11) is 1.70. The van der Waals surface area contributed by atoms with Crippen LogP contribution in [0.2, 0.25) is 0 Å². The molecule has 2 aliphatic heterocycles. The maximum Gasteiger partial charge on any atom is 0.325 e. The van der Waals surface area contributed by atoms with Crippen LogP contribution in [0.3, 0.4) is 0 Å². The zero-order chi connectivity index (χ0) is 19.4. The fourth-order valence-electron chi connectivity index (χ4n) is 3.53. The van der Waals surface area contributed by atoms with Crippen molar-refractivity contribution in [3.8, 4) is 0 Å². The Balaban J connectivity index is 1.78. The van der Waals surface area contributed by atoms with Gasteiger partial charge in [-0.3, -0.25) is 10.1 Å². The van der Waals surface area contributed by atoms with Gasteiger partial charge in [0.05, 0.1) is 6.54 Å². The molecule has 0 radical (unpaired) electrons. The van der Waals surface area contributed by atoms with Gasteiger partial charge in [0, 0.05) is 13.6 Å². The third-order valence-corrected chi connectivity index (χ3v) is 5.20. The number of aryl methyl sites for hydroxylation is 1. The predicted molar refractivity (Wildman–Crippen MR) is 105 cm³/mol. The summed E-state index contributed by atoms with van der Waals surface area (Å²) in [6.07, 6.45) is 4.07. The number of rotatable bonds is 7. The van der Waals surface area contributed by atoms with E-state index in [4.69, 9.17) is 4.99 Å². The standard InChI is InChI=1S/C20H29N5O2/c1-4-5-6-7-12-25-16-17(24(3)20(27)23-18(16)26)22-19(25)21-13-15-10-8-14(2)9-11-15/h8-11,16-17H,4-7,12-13H2,1-3H3,(H,21,22)(H,23,26,27). The number of hydrogen-bond donors (Lipinski definition) is 2. The molecular formula is C20H29N5O2. The molecule has 0 bridgehead atoms. The highest BCUT2D eigenvalue weighted by molar-refractivity contribution is 6.04. The molecule has 2 unspecified atom stereocenters. The number of likely N-dealkylation sites (N-methyl/N-ethyl adjacent to an activating group) is 1. The summed E-state index contributed by atoms with van der Waals surface area (Å²) in [5.41, 5.74) is 2.33. The average molecular weight is 371 g/mol. The van der Waals surface area contributed by atoms with Gasteiger partial charge in [-0.1, -0.05) is 56.0 Å². The van der Waals surface area contributed by atoms with Crippen LogP contribution in [0.1, 0.15) is 43.7 Å². The summed E-state index contributed by atoms with van der Waals surface area (Å²) >= 11 is 0. The number of benzene rings is 1. The van der Waals surface area contributed by atoms with Crippen LogP contribution in [-0.2, 0) is 11.3 Å². The molecule has 1 aromatic rings. The number of nitrogens with one attached hydrogen (secondary N) is 2. The van der Waals surface area contributed by atoms with E-state index in [9.17, 15) is 9.59 Å². The highest BCUT2D eigenvalue weighted by Gasteiger charge is 2.49. The number of unbranched alkanes of at least 4 members (excludes halogenated alkanes) is 3. The van der Waals surface area contributed by atoms with Gasteiger partial charge < -0.3 is 15.1 Å². The lowest BCUT2D eigenvalue weighted by Crippen LogP contribution is -2.64. The monoisotopic (exact) mass is 371 g/mol. The summed E-state index contributed by atoms with van der Waals surface area (Å²) in [4.78, 5) is 32.8. The second kappa shape index (κ2) is 8.41. The van der Waals surface area contributed by atoms with Crippen molar-refractivity contribution in [1.82, 2.24) is 20.4 Å². The molecule has 2 fully saturated rings. The number of aliphatic imine (C=N–C) groups is 1. The van der Waals surface area contributed by atoms with Crippen molar-refractivity contribution in [3.63, 3.8) is 0 Å². The maximum absolute atomic E-state index is 12.5. The van der Waals surface area contributed by atoms with Crippen molar-refractivity contribution < 1.29 is 9.59 Å². The summed E-state index contributed by atoms with van der Waals surface area (Å²) in [5, 5.41) is 5.74. The van der Waals surface area contributed by atoms with Crippen LogP contribution in [0.5, 0.6) is 0 Å². The topological polar surface area (TPSA) is 77.0 Å². The van der Waals surface area contributed by atoms with E-state index in [2.05, 4.69) is 48.7 Å². The van der Waals surface area contributed by atoms with Crippen LogP contribution in [0.4, 0.5) is 4.79 Å². The highest BCUT2D eigenvalue weighted by atomic mass is 16.2. The Kier molecular flexibility index (Phi) is 5.98. The smallest absolute Gasteiger partial charge is 0.325 e. The van der Waals surface area contributed by atoms with Gasteiger partial charge in [-0.15, -0.1) is 0 Å². The molecule has 2 aliphatic rings. The Hall–Kier alpha value is -2.57. The Morgan fingerprint density at radius 3 is 2.56 bits per heavy atom. The number of imide groups is 1. The largest absolute Gasteiger partial charge is 0.333 e. The van der Waals surface area contributed by atoms with Crippen molar-refractivity contribution >= 4 is 17.9 Å². The Labute approximate surface area is 160 Å². The zero-order valence-electron chi connectivity index (χ0n) is 16.4. The third kappa shape index (κ3) is 4.23. The predicted octanol–water partition coefficient (Wildman–Crippen LogP) is 2.21. The Bertz CT molecular complexity index is 716. The van der Waals surface area contributed by atoms with E-state index in [1.165, 1.54) is 12.0 Å². The molecule has 0 spiro atoms. The molecule has 3 amide bonds. The van der Waals surface area contributed by atoms with E-state index < -0.39 is 6.04 Å². The van der Waals surface area contributed by atoms with E-state index in [1.54, 1.807) is 11.9 Å². The van der Waals surface area contributed by atoms with Crippen molar-refractivity contribution in [2.75, 3.05) is 13.6 Å². The molecular weight excluding hydrogens is 342 g/mol. The van der Waals surface area contributed by atoms with Crippen molar-refractivity contribution in [2.24, 2.45) is 4.99 Å². The zero-order valence-corrected chi connectivity index (χ0v) is 16.4. The number of fused-ring (bicyclic) bond motifs is 1. The number of amides is 3. The van der Waals surface area contributed by atoms with Crippen molar-refractivity contribution in [2.45, 2.75) is 58.3 Å². The minimum absolute atomic E-state index is 0.258. The van der Waals surface area contributed by atoms with Crippen LogP contribution in [0.25, 0.3) is 0 Å². The summed E-state index contributed by atoms with van der Waals surface area (Å²) < 4.78 is 0. The first-order chi connectivity index (χ1) is 13.0. The lowest BCUT2D eigenvalue weighted by atomic mass is 10.1. The van der Waals surface area contributed by atoms with E-state index in [-0.39, 0.29) is 18.1 Å². The van der Waals surface area contributed by atoms with Gasteiger partial charge in [0.15, 0.2) is 12.0 Å². The molecule has 3 rings (SSSR count). The Morgan fingerprint density at radius 2 is 1.85 bits per heavy atom. The van der Waals surface area contributed by atoms with Gasteiger partial charge in [0.1, 0.15) is 6.17 Å². The second-order valence-corrected chi connectivity index (χ2v) is 7.32. The molecule has 0 aromatic heterocycles. The maximum atomic E-state index is 12.5. The van der Waals surface area contributed by atoms with Gasteiger partial charge in [-0.25, -0.2) is 9.79 Å². The number of urea groups is 1. The second-order valence-electron chi connectivity index (χ2n) is 7.32. The number of carbonyl (C=O) groups is 2. The van der Waals surface area contributed by atoms with Crippen LogP contribution >= 0.6 is 0 Å². The van der Waals surface area contributed by atoms with Crippen LogP contribution in [0, 0.1) is 6.92 Å². The molecule has 0 aliphatic carbocycles. The molecule has 2 heterocycles. The lowest BCUT2D eigenvalue weighted by Gasteiger charge is -2.35. The number of carbonyl (C=O) groups excluding carboxylic acids is 2. The molecule has 0 saturated carbocycles. The first-order valence-electron chi connectivity index (χ1n) is 9.72. The van der Waals surface area contributed by atoms with Crippen molar-refractivity contribution in [1.29, 1.82) is 0 Å². The van der Waals surface area contributed by atoms with E-state index >= 15 is 0 Å². The van der Waals surface area contributed by atoms with Gasteiger partial charge in [-0.2, -0.15) is 0 Å². The number of nitrogens with zero attached hydrogens (tertiary/aromatic N) is 3. The average Bonchev–Trinajstić information content (AvgIpc) is 3.02. The van der Waals surface area contributed by atoms with E-state index in [0.29, 0.717) is 12.5 Å². The van der Waals surface area contributed by atoms with Gasteiger partial charge >= 0.3 is 6.03 Å². The molecule has 2 atom stereocenters. The highest BCUT2D eigenvalue weighted by Crippen LogP contribution is 2.21. The van der Waals surface area contributed by atoms with Crippen LogP contribution in [-0.4, -0.2) is 53.5 Å². The van der Waals surface area contributed by atoms with Gasteiger partial charge in [0.25, 0.3) is 5.91 Å². The minimum atomic E-state index is -0.439. The third-order valence-electron chi connectivity index (χ3n) is 5.20. The quantitative estimate of drug-likeness (QED) is 0.721. The molecule has 7 heteroatoms. The van der Waals surface area contributed by atoms with Crippen molar-refractivity contribution in [3.05, 3.63) is 35.4 Å². The molecule has 2 N–H and O–H groups in total. The Morgan fingerprint density at radius 1 is 1.11 bits per heavy atom. The number of hydrogen-bond acceptors (Lipinski definition) is 3. The first-order valence-corrected chi connectivity index (χ1v) is 9.72. The molecule has 7 nitrogen and oxygen atoms in total. The fraction of sp³-hybridized carbons (Fsp3) is 0.550. The van der Waals surface area contributed by atoms with E-state index in [1.807, 2.05) is 4.90 Å². The van der Waals surface area contributed by atoms with Gasteiger partial charge in [0.2, 0.25) is 0 Å². The SMILES string of the molecule is CCCCCCN1C(=NCc2ccc(C)cc2)NC2C1C(=O)NC(=O)N2C. The molecule has 146 valence electrons. The summed E-state index contributed by atoms with van der Waals surface area (Å²) in [6.45, 7) is 5.52. The summed E-state index contributed by atoms with van der Waals surface area (Å²) in [5.74, 6) is 0.436. The molecule has 27 heavy (non-hydrogen) atoms. The summed E-state index contributed by atoms with van der Waals surface area (Å²) in [6, 6.07) is 7.45. The minimum Gasteiger partial charge on any atom is -0.333 e. The fourth-order valence-corrected chi connectivity index (χ4v) is 3.53. The normalized spacial score (nSPS) is 23.4. The van der Waals surface area contributed by atoms with Crippen LogP contribution < -0.4 is 10.6 Å². The first kappa shape index (κ1) is 19.2. The van der Waals surface area contributed by atoms with E-state index in [0.717, 1.165) is 31.4 Å². The van der Waals surface area contributed by atoms with Gasteiger partial charge in [-0.05, 0) is 18.9 Å². The van der Waals surface area contributed by atoms with Crippen LogP contribution in [0.15, 0.2) is 29.3 Å². The number of guanidine groups is 1. The lowest BCUT2D eigenvalue weighted by molar-refractivity contribution is -0.127. The molecule has 1 aromatic carbocycles. The molecule has 2 saturated heterocycles.